The SMILES string of the molecule is CCOC(=O)Nc1nc2c(-c3ccccn3)cc(-c3cnc(OC4CCCN(CC(C)C)C4)nc3)cc2[nH]1.CCOC(=O)Nc1nc2c(-c3ncccc3F)cc(-c3ccc(CN4CCN(C(=O)CC)CC4)nc3)cc2[nH]1.CCOC(=O)Nc1nc2c(-c3ncccc3F)cc(-c3cnc(OCCN4CCN(C)CC4)nc3)cc2[nH]1. The summed E-state index contributed by atoms with van der Waals surface area (Å²) in [5, 5.41) is 7.75. The highest BCUT2D eigenvalue weighted by Gasteiger charge is 2.26. The van der Waals surface area contributed by atoms with Crippen LogP contribution in [0.1, 0.15) is 66.5 Å². The van der Waals surface area contributed by atoms with E-state index in [0.29, 0.717) is 93.3 Å². The minimum absolute atomic E-state index is 0.0933. The molecule has 115 heavy (non-hydrogen) atoms. The van der Waals surface area contributed by atoms with Crippen molar-refractivity contribution in [2.24, 2.45) is 5.92 Å². The van der Waals surface area contributed by atoms with Crippen LogP contribution in [0.2, 0.25) is 0 Å². The fraction of sp³-hybridized carbons (Fsp3) is 0.354. The Morgan fingerprint density at radius 1 is 0.513 bits per heavy atom. The Balaban J connectivity index is 0.000000150. The van der Waals surface area contributed by atoms with E-state index in [1.165, 1.54) is 36.7 Å². The van der Waals surface area contributed by atoms with Gasteiger partial charge in [0.05, 0.1) is 53.3 Å². The number of nitrogens with one attached hydrogen (secondary N) is 6. The zero-order valence-corrected chi connectivity index (χ0v) is 65.2. The number of pyridine rings is 4. The van der Waals surface area contributed by atoms with E-state index in [1.54, 1.807) is 64.0 Å². The van der Waals surface area contributed by atoms with Gasteiger partial charge in [0.15, 0.2) is 0 Å². The molecule has 31 nitrogen and oxygen atoms in total. The van der Waals surface area contributed by atoms with Gasteiger partial charge in [-0.25, -0.2) is 58.1 Å². The monoisotopic (exact) mass is 1570 g/mol. The molecule has 3 fully saturated rings. The number of hydrogen-bond acceptors (Lipinski definition) is 24. The van der Waals surface area contributed by atoms with Gasteiger partial charge in [-0.2, -0.15) is 0 Å². The van der Waals surface area contributed by atoms with Crippen LogP contribution < -0.4 is 25.4 Å². The van der Waals surface area contributed by atoms with Crippen LogP contribution >= 0.6 is 0 Å². The van der Waals surface area contributed by atoms with Crippen molar-refractivity contribution < 1.29 is 51.6 Å². The molecule has 0 radical (unpaired) electrons. The average Bonchev–Trinajstić information content (AvgIpc) is 1.72. The summed E-state index contributed by atoms with van der Waals surface area (Å²) in [6, 6.07) is 27.3. The minimum Gasteiger partial charge on any atom is -0.462 e. The zero-order chi connectivity index (χ0) is 80.3. The third-order valence-corrected chi connectivity index (χ3v) is 19.3. The van der Waals surface area contributed by atoms with Crippen LogP contribution in [0.3, 0.4) is 0 Å². The summed E-state index contributed by atoms with van der Waals surface area (Å²) in [6.07, 6.45) is 14.3. The summed E-state index contributed by atoms with van der Waals surface area (Å²) < 4.78 is 56.3. The molecule has 3 aliphatic rings. The van der Waals surface area contributed by atoms with Crippen LogP contribution in [0.5, 0.6) is 12.0 Å². The maximum absolute atomic E-state index is 14.8. The number of piperazine rings is 2. The molecule has 12 aromatic rings. The molecule has 1 unspecified atom stereocenters. The topological polar surface area (TPSA) is 356 Å². The minimum atomic E-state index is -0.644. The van der Waals surface area contributed by atoms with Crippen molar-refractivity contribution in [2.75, 3.05) is 128 Å². The number of likely N-dealkylation sites (N-methyl/N-ethyl adjacent to an activating group) is 1. The van der Waals surface area contributed by atoms with Crippen LogP contribution in [-0.4, -0.2) is 237 Å². The molecule has 598 valence electrons. The highest BCUT2D eigenvalue weighted by atomic mass is 19.1. The molecular weight excluding hydrogens is 1480 g/mol. The predicted molar refractivity (Wildman–Crippen MR) is 432 cm³/mol. The maximum atomic E-state index is 14.8. The molecule has 6 N–H and O–H groups in total. The molecule has 3 aromatic carbocycles. The van der Waals surface area contributed by atoms with Gasteiger partial charge in [0.2, 0.25) is 23.8 Å². The standard InChI is InChI=1S/C28H30FN7O3.C28H33N7O3.C26H29FN8O3/c1-3-24(37)36-12-10-35(11-13-36)17-20-8-7-18(16-31-20)19-14-21(25-22(29)6-5-9-30-25)26-23(15-19)32-27(33-26)34-28(38)39-4-2;1-4-37-28(36)34-26-32-24-13-19(12-22(25(24)33-26)23-9-5-6-10-29-23)20-14-30-27(31-15-20)38-21-8-7-11-35(17-21)16-18(2)3;1-3-37-26(36)33-24-31-21-14-17(13-19(23(21)32-24)22-20(27)5-4-6-28-22)18-15-29-25(30-16-18)38-12-11-35-9-7-34(2)8-10-35/h5-9,14-16H,3-4,10-13,17H2,1-2H3,(H2,32,33,34,38);5-6,9-10,12-15,18,21H,4,7-8,11,16-17H2,1-3H3,(H2,32,33,34,36);4-6,13-16H,3,7-12H2,1-2H3,(H2,31,32,33,36). The van der Waals surface area contributed by atoms with Crippen molar-refractivity contribution in [1.82, 2.24) is 94.3 Å². The molecule has 15 rings (SSSR count). The molecule has 33 heteroatoms. The number of halogens is 2. The van der Waals surface area contributed by atoms with Crippen LogP contribution in [0.25, 0.3) is 100 Å². The average molecular weight is 1570 g/mol. The Hall–Kier alpha value is -12.6. The lowest BCUT2D eigenvalue weighted by atomic mass is 10.0. The van der Waals surface area contributed by atoms with Gasteiger partial charge in [-0.1, -0.05) is 32.9 Å². The Morgan fingerprint density at radius 2 is 1.01 bits per heavy atom. The lowest BCUT2D eigenvalue weighted by Crippen LogP contribution is -2.48. The molecule has 0 saturated carbocycles. The lowest BCUT2D eigenvalue weighted by molar-refractivity contribution is -0.132. The first-order valence-corrected chi connectivity index (χ1v) is 38.5. The summed E-state index contributed by atoms with van der Waals surface area (Å²) in [4.78, 5) is 117. The van der Waals surface area contributed by atoms with Crippen molar-refractivity contribution in [2.45, 2.75) is 73.5 Å². The van der Waals surface area contributed by atoms with Crippen LogP contribution in [-0.2, 0) is 25.5 Å². The van der Waals surface area contributed by atoms with Crippen molar-refractivity contribution in [3.05, 3.63) is 158 Å². The van der Waals surface area contributed by atoms with E-state index in [-0.39, 0.29) is 55.1 Å². The number of carbonyl (C=O) groups excluding carboxylic acids is 4. The number of amides is 4. The number of nitrogens with zero attached hydrogens (tertiary/aromatic N) is 16. The van der Waals surface area contributed by atoms with Crippen LogP contribution in [0.15, 0.2) is 141 Å². The van der Waals surface area contributed by atoms with Gasteiger partial charge < -0.3 is 48.4 Å². The van der Waals surface area contributed by atoms with Gasteiger partial charge in [0.1, 0.15) is 46.8 Å². The number of rotatable bonds is 23. The van der Waals surface area contributed by atoms with Crippen LogP contribution in [0.4, 0.5) is 41.0 Å². The number of benzene rings is 3. The molecule has 12 heterocycles. The first-order chi connectivity index (χ1) is 55.9. The molecule has 0 spiro atoms. The zero-order valence-electron chi connectivity index (χ0n) is 65.2. The van der Waals surface area contributed by atoms with Crippen molar-refractivity contribution in [3.63, 3.8) is 0 Å². The molecule has 0 bridgehead atoms. The Bertz CT molecular complexity index is 5290. The third kappa shape index (κ3) is 21.0. The fourth-order valence-corrected chi connectivity index (χ4v) is 13.7. The van der Waals surface area contributed by atoms with Crippen molar-refractivity contribution in [3.8, 4) is 79.2 Å². The van der Waals surface area contributed by atoms with Gasteiger partial charge in [0.25, 0.3) is 0 Å². The molecule has 1 atom stereocenters. The van der Waals surface area contributed by atoms with Gasteiger partial charge in [-0.15, -0.1) is 0 Å². The number of carbonyl (C=O) groups is 4. The third-order valence-electron chi connectivity index (χ3n) is 19.3. The van der Waals surface area contributed by atoms with E-state index in [1.807, 2.05) is 72.5 Å². The normalized spacial score (nSPS) is 14.8. The number of piperidine rings is 1. The smallest absolute Gasteiger partial charge is 0.413 e. The number of hydrogen-bond donors (Lipinski definition) is 6. The second kappa shape index (κ2) is 38.3. The van der Waals surface area contributed by atoms with Gasteiger partial charge in [-0.3, -0.25) is 55.4 Å². The van der Waals surface area contributed by atoms with E-state index in [0.717, 1.165) is 136 Å². The Kier molecular flexibility index (Phi) is 26.8. The summed E-state index contributed by atoms with van der Waals surface area (Å²) in [6.45, 7) is 24.6. The number of H-pyrrole nitrogens is 3. The first-order valence-electron chi connectivity index (χ1n) is 38.5. The largest absolute Gasteiger partial charge is 0.462 e. The van der Waals surface area contributed by atoms with Gasteiger partial charge >= 0.3 is 30.3 Å². The lowest BCUT2D eigenvalue weighted by Gasteiger charge is -2.34. The maximum Gasteiger partial charge on any atom is 0.413 e. The molecule has 3 saturated heterocycles. The second-order valence-electron chi connectivity index (χ2n) is 28.0. The fourth-order valence-electron chi connectivity index (χ4n) is 13.7. The number of imidazole rings is 3. The van der Waals surface area contributed by atoms with E-state index in [9.17, 15) is 28.0 Å². The highest BCUT2D eigenvalue weighted by molar-refractivity contribution is 6.00. The van der Waals surface area contributed by atoms with E-state index < -0.39 is 29.9 Å². The molecule has 4 amide bonds. The Labute approximate surface area is 662 Å². The first kappa shape index (κ1) is 80.5. The summed E-state index contributed by atoms with van der Waals surface area (Å²) >= 11 is 0. The summed E-state index contributed by atoms with van der Waals surface area (Å²) in [5.41, 5.74) is 12.0. The van der Waals surface area contributed by atoms with Crippen molar-refractivity contribution >= 4 is 75.1 Å². The Morgan fingerprint density at radius 3 is 1.50 bits per heavy atom. The number of aromatic amines is 3. The summed E-state index contributed by atoms with van der Waals surface area (Å²) in [5.74, 6) is 0.513. The quantitative estimate of drug-likeness (QED) is 0.0324. The van der Waals surface area contributed by atoms with Crippen molar-refractivity contribution in [1.29, 1.82) is 0 Å². The number of anilines is 3. The number of aromatic nitrogens is 14. The molecule has 0 aliphatic carbocycles. The van der Waals surface area contributed by atoms with E-state index >= 15 is 0 Å². The number of fused-ring (bicyclic) bond motifs is 3. The second-order valence-corrected chi connectivity index (χ2v) is 28.0. The molecule has 3 aliphatic heterocycles. The predicted octanol–water partition coefficient (Wildman–Crippen LogP) is 13.0. The van der Waals surface area contributed by atoms with Gasteiger partial charge in [-0.05, 0) is 149 Å². The van der Waals surface area contributed by atoms with Gasteiger partial charge in [0, 0.05) is 168 Å². The number of ether oxygens (including phenoxy) is 5. The van der Waals surface area contributed by atoms with E-state index in [2.05, 4.69) is 126 Å². The molecular formula is C82H92F2N22O9. The highest BCUT2D eigenvalue weighted by Crippen LogP contribution is 2.38. The van der Waals surface area contributed by atoms with E-state index in [4.69, 9.17) is 23.7 Å². The number of likely N-dealkylation sites (tertiary alicyclic amines) is 1. The summed E-state index contributed by atoms with van der Waals surface area (Å²) in [7, 11) is 2.13. The van der Waals surface area contributed by atoms with Crippen LogP contribution in [0, 0.1) is 17.6 Å². The molecule has 9 aromatic heterocycles.